The quantitative estimate of drug-likeness (QED) is 0.890. The zero-order chi connectivity index (χ0) is 14.6. The van der Waals surface area contributed by atoms with Gasteiger partial charge in [-0.15, -0.1) is 0 Å². The summed E-state index contributed by atoms with van der Waals surface area (Å²) in [5.41, 5.74) is 0.757. The fourth-order valence-corrected chi connectivity index (χ4v) is 2.50. The number of halogens is 2. The SMILES string of the molecule is OCC(CO)(Cc1cccc(Cl)c1)c1ccc(F)cc1. The Labute approximate surface area is 122 Å². The van der Waals surface area contributed by atoms with E-state index in [0.717, 1.165) is 5.56 Å². The van der Waals surface area contributed by atoms with Crippen LogP contribution in [0.15, 0.2) is 48.5 Å². The molecule has 0 saturated carbocycles. The highest BCUT2D eigenvalue weighted by Crippen LogP contribution is 2.29. The van der Waals surface area contributed by atoms with Crippen molar-refractivity contribution in [1.82, 2.24) is 0 Å². The van der Waals surface area contributed by atoms with Crippen LogP contribution in [0.4, 0.5) is 4.39 Å². The van der Waals surface area contributed by atoms with Crippen LogP contribution in [0, 0.1) is 5.82 Å². The Kier molecular flexibility index (Phi) is 4.76. The van der Waals surface area contributed by atoms with E-state index in [2.05, 4.69) is 0 Å². The normalized spacial score (nSPS) is 11.6. The van der Waals surface area contributed by atoms with Gasteiger partial charge < -0.3 is 10.2 Å². The van der Waals surface area contributed by atoms with Gasteiger partial charge in [-0.3, -0.25) is 0 Å². The Morgan fingerprint density at radius 3 is 2.20 bits per heavy atom. The van der Waals surface area contributed by atoms with Gasteiger partial charge in [0.05, 0.1) is 13.2 Å². The second-order valence-corrected chi connectivity index (χ2v) is 5.35. The molecule has 20 heavy (non-hydrogen) atoms. The summed E-state index contributed by atoms with van der Waals surface area (Å²) in [5.74, 6) is -0.346. The van der Waals surface area contributed by atoms with Crippen LogP contribution in [-0.4, -0.2) is 23.4 Å². The van der Waals surface area contributed by atoms with Crippen LogP contribution < -0.4 is 0 Å². The lowest BCUT2D eigenvalue weighted by Crippen LogP contribution is -2.37. The molecule has 0 aromatic heterocycles. The summed E-state index contributed by atoms with van der Waals surface area (Å²) in [4.78, 5) is 0. The topological polar surface area (TPSA) is 40.5 Å². The molecular formula is C16H16ClFO2. The van der Waals surface area contributed by atoms with Crippen molar-refractivity contribution in [3.05, 3.63) is 70.5 Å². The van der Waals surface area contributed by atoms with Gasteiger partial charge in [-0.1, -0.05) is 35.9 Å². The number of aliphatic hydroxyl groups excluding tert-OH is 2. The predicted molar refractivity (Wildman–Crippen MR) is 77.4 cm³/mol. The van der Waals surface area contributed by atoms with Crippen molar-refractivity contribution >= 4 is 11.6 Å². The first-order valence-corrected chi connectivity index (χ1v) is 6.70. The van der Waals surface area contributed by atoms with Crippen LogP contribution in [0.3, 0.4) is 0 Å². The largest absolute Gasteiger partial charge is 0.395 e. The molecule has 0 bridgehead atoms. The maximum atomic E-state index is 13.0. The standard InChI is InChI=1S/C16H16ClFO2/c17-14-3-1-2-12(8-14)9-16(10-19,11-20)13-4-6-15(18)7-5-13/h1-8,19-20H,9-11H2. The van der Waals surface area contributed by atoms with Gasteiger partial charge in [-0.25, -0.2) is 4.39 Å². The summed E-state index contributed by atoms with van der Waals surface area (Å²) >= 11 is 5.95. The lowest BCUT2D eigenvalue weighted by molar-refractivity contribution is 0.116. The molecule has 106 valence electrons. The van der Waals surface area contributed by atoms with Gasteiger partial charge in [0, 0.05) is 10.4 Å². The average molecular weight is 295 g/mol. The molecule has 0 amide bonds. The highest BCUT2D eigenvalue weighted by molar-refractivity contribution is 6.30. The van der Waals surface area contributed by atoms with E-state index in [9.17, 15) is 14.6 Å². The van der Waals surface area contributed by atoms with Crippen molar-refractivity contribution < 1.29 is 14.6 Å². The van der Waals surface area contributed by atoms with Gasteiger partial charge in [-0.2, -0.15) is 0 Å². The monoisotopic (exact) mass is 294 g/mol. The second kappa shape index (κ2) is 6.35. The molecule has 2 aromatic carbocycles. The Bertz CT molecular complexity index is 565. The fourth-order valence-electron chi connectivity index (χ4n) is 2.29. The highest BCUT2D eigenvalue weighted by Gasteiger charge is 2.31. The molecule has 4 heteroatoms. The van der Waals surface area contributed by atoms with Gasteiger partial charge in [0.2, 0.25) is 0 Å². The minimum absolute atomic E-state index is 0.234. The molecule has 0 aliphatic carbocycles. The molecule has 0 atom stereocenters. The minimum atomic E-state index is -0.849. The van der Waals surface area contributed by atoms with Crippen molar-refractivity contribution in [2.45, 2.75) is 11.8 Å². The molecule has 0 spiro atoms. The van der Waals surface area contributed by atoms with Crippen LogP contribution in [0.1, 0.15) is 11.1 Å². The van der Waals surface area contributed by atoms with Crippen molar-refractivity contribution in [3.63, 3.8) is 0 Å². The lowest BCUT2D eigenvalue weighted by Gasteiger charge is -2.30. The van der Waals surface area contributed by atoms with Gasteiger partial charge in [0.1, 0.15) is 5.82 Å². The zero-order valence-corrected chi connectivity index (χ0v) is 11.6. The maximum Gasteiger partial charge on any atom is 0.123 e. The molecule has 0 heterocycles. The third-order valence-electron chi connectivity index (χ3n) is 3.49. The Hall–Kier alpha value is -1.42. The van der Waals surface area contributed by atoms with Crippen molar-refractivity contribution in [2.75, 3.05) is 13.2 Å². The van der Waals surface area contributed by atoms with E-state index in [4.69, 9.17) is 11.6 Å². The fraction of sp³-hybridized carbons (Fsp3) is 0.250. The first-order chi connectivity index (χ1) is 9.59. The molecular weight excluding hydrogens is 279 g/mol. The predicted octanol–water partition coefficient (Wildman–Crippen LogP) is 2.94. The van der Waals surface area contributed by atoms with E-state index in [1.807, 2.05) is 12.1 Å². The lowest BCUT2D eigenvalue weighted by atomic mass is 9.77. The molecule has 2 aromatic rings. The van der Waals surface area contributed by atoms with Crippen LogP contribution in [0.25, 0.3) is 0 Å². The molecule has 0 aliphatic rings. The number of hydrogen-bond donors (Lipinski definition) is 2. The molecule has 2 N–H and O–H groups in total. The van der Waals surface area contributed by atoms with Gasteiger partial charge in [-0.05, 0) is 41.8 Å². The van der Waals surface area contributed by atoms with Crippen molar-refractivity contribution in [1.29, 1.82) is 0 Å². The second-order valence-electron chi connectivity index (χ2n) is 4.91. The van der Waals surface area contributed by atoms with Crippen LogP contribution >= 0.6 is 11.6 Å². The third-order valence-corrected chi connectivity index (χ3v) is 3.73. The van der Waals surface area contributed by atoms with Crippen LogP contribution in [0.2, 0.25) is 5.02 Å². The number of benzene rings is 2. The average Bonchev–Trinajstić information content (AvgIpc) is 2.46. The summed E-state index contributed by atoms with van der Waals surface area (Å²) < 4.78 is 13.0. The van der Waals surface area contributed by atoms with Crippen molar-refractivity contribution in [3.8, 4) is 0 Å². The zero-order valence-electron chi connectivity index (χ0n) is 10.9. The van der Waals surface area contributed by atoms with E-state index in [1.54, 1.807) is 24.3 Å². The third kappa shape index (κ3) is 3.18. The maximum absolute atomic E-state index is 13.0. The number of rotatable bonds is 5. The van der Waals surface area contributed by atoms with Gasteiger partial charge in [0.25, 0.3) is 0 Å². The van der Waals surface area contributed by atoms with Crippen molar-refractivity contribution in [2.24, 2.45) is 0 Å². The summed E-state index contributed by atoms with van der Waals surface area (Å²) in [7, 11) is 0. The molecule has 2 nitrogen and oxygen atoms in total. The van der Waals surface area contributed by atoms with Gasteiger partial charge >= 0.3 is 0 Å². The summed E-state index contributed by atoms with van der Waals surface area (Å²) in [6, 6.07) is 13.1. The molecule has 2 rings (SSSR count). The minimum Gasteiger partial charge on any atom is -0.395 e. The Morgan fingerprint density at radius 2 is 1.65 bits per heavy atom. The van der Waals surface area contributed by atoms with E-state index >= 15 is 0 Å². The van der Waals surface area contributed by atoms with E-state index in [0.29, 0.717) is 17.0 Å². The summed E-state index contributed by atoms with van der Waals surface area (Å²) in [5, 5.41) is 20.1. The van der Waals surface area contributed by atoms with E-state index < -0.39 is 5.41 Å². The molecule has 0 saturated heterocycles. The summed E-state index contributed by atoms with van der Waals surface area (Å²) in [6.07, 6.45) is 0.423. The molecule has 0 fully saturated rings. The van der Waals surface area contributed by atoms with Gasteiger partial charge in [0.15, 0.2) is 0 Å². The molecule has 0 unspecified atom stereocenters. The molecule has 0 radical (unpaired) electrons. The van der Waals surface area contributed by atoms with Crippen LogP contribution in [0.5, 0.6) is 0 Å². The first-order valence-electron chi connectivity index (χ1n) is 6.32. The Balaban J connectivity index is 2.36. The van der Waals surface area contributed by atoms with E-state index in [-0.39, 0.29) is 19.0 Å². The smallest absolute Gasteiger partial charge is 0.123 e. The molecule has 0 aliphatic heterocycles. The van der Waals surface area contributed by atoms with E-state index in [1.165, 1.54) is 12.1 Å². The number of aliphatic hydroxyl groups is 2. The highest BCUT2D eigenvalue weighted by atomic mass is 35.5. The Morgan fingerprint density at radius 1 is 1.00 bits per heavy atom. The summed E-state index contributed by atoms with van der Waals surface area (Å²) in [6.45, 7) is -0.469. The first kappa shape index (κ1) is 15.0. The van der Waals surface area contributed by atoms with Crippen LogP contribution in [-0.2, 0) is 11.8 Å². The number of hydrogen-bond acceptors (Lipinski definition) is 2.